The van der Waals surface area contributed by atoms with Crippen molar-refractivity contribution in [2.45, 2.75) is 22.6 Å². The molecule has 0 saturated carbocycles. The van der Waals surface area contributed by atoms with Crippen LogP contribution in [0.2, 0.25) is 0 Å². The topological polar surface area (TPSA) is 75.0 Å². The van der Waals surface area contributed by atoms with Crippen molar-refractivity contribution >= 4 is 37.3 Å². The van der Waals surface area contributed by atoms with E-state index in [4.69, 9.17) is 0 Å². The molecule has 0 fully saturated rings. The fraction of sp³-hybridized carbons (Fsp3) is 0.625. The fourth-order valence-corrected chi connectivity index (χ4v) is 4.26. The van der Waals surface area contributed by atoms with Gasteiger partial charge in [-0.2, -0.15) is 17.5 Å². The Balaban J connectivity index is 2.04. The fourth-order valence-electron chi connectivity index (χ4n) is 1.34. The van der Waals surface area contributed by atoms with E-state index in [0.29, 0.717) is 4.60 Å². The van der Waals surface area contributed by atoms with E-state index in [2.05, 4.69) is 31.1 Å². The lowest BCUT2D eigenvalue weighted by atomic mass is 10.1. The predicted molar refractivity (Wildman–Crippen MR) is 67.9 cm³/mol. The highest BCUT2D eigenvalue weighted by atomic mass is 79.9. The summed E-state index contributed by atoms with van der Waals surface area (Å²) in [5.41, 5.74) is -2.44. The first-order valence-electron chi connectivity index (χ1n) is 5.17. The Morgan fingerprint density at radius 1 is 1.45 bits per heavy atom. The van der Waals surface area contributed by atoms with Crippen LogP contribution >= 0.6 is 27.3 Å². The Labute approximate surface area is 124 Å². The van der Waals surface area contributed by atoms with Crippen molar-refractivity contribution in [3.05, 3.63) is 9.98 Å². The molecule has 1 aromatic rings. The van der Waals surface area contributed by atoms with E-state index < -0.39 is 28.3 Å². The summed E-state index contributed by atoms with van der Waals surface area (Å²) < 4.78 is 62.9. The van der Waals surface area contributed by atoms with Crippen molar-refractivity contribution in [3.63, 3.8) is 0 Å². The molecular weight excluding hydrogens is 385 g/mol. The minimum absolute atomic E-state index is 0.183. The van der Waals surface area contributed by atoms with Gasteiger partial charge in [0, 0.05) is 25.4 Å². The van der Waals surface area contributed by atoms with E-state index in [1.165, 1.54) is 12.4 Å². The average Bonchev–Trinajstić information content (AvgIpc) is 3.01. The van der Waals surface area contributed by atoms with Gasteiger partial charge in [-0.1, -0.05) is 0 Å². The predicted octanol–water partition coefficient (Wildman–Crippen LogP) is 2.64. The normalized spacial score (nSPS) is 17.7. The van der Waals surface area contributed by atoms with Crippen molar-refractivity contribution in [3.8, 4) is 0 Å². The van der Waals surface area contributed by atoms with E-state index in [1.54, 1.807) is 0 Å². The van der Waals surface area contributed by atoms with Gasteiger partial charge in [0.05, 0.1) is 0 Å². The number of hydrogen-bond acceptors (Lipinski definition) is 6. The largest absolute Gasteiger partial charge is 0.437 e. The van der Waals surface area contributed by atoms with Gasteiger partial charge in [0.25, 0.3) is 15.7 Å². The first kappa shape index (κ1) is 15.8. The van der Waals surface area contributed by atoms with Crippen molar-refractivity contribution in [1.82, 2.24) is 9.29 Å². The van der Waals surface area contributed by atoms with E-state index in [0.717, 1.165) is 15.6 Å². The molecule has 2 heterocycles. The number of sulfonamides is 1. The molecule has 0 unspecified atom stereocenters. The van der Waals surface area contributed by atoms with Crippen molar-refractivity contribution in [2.24, 2.45) is 10.2 Å². The lowest BCUT2D eigenvalue weighted by Crippen LogP contribution is -2.37. The Bertz CT molecular complexity index is 636. The molecule has 0 aromatic carbocycles. The molecule has 0 atom stereocenters. The molecule has 0 bridgehead atoms. The van der Waals surface area contributed by atoms with Crippen LogP contribution in [0.5, 0.6) is 0 Å². The van der Waals surface area contributed by atoms with Gasteiger partial charge in [-0.25, -0.2) is 13.4 Å². The van der Waals surface area contributed by atoms with Gasteiger partial charge in [-0.15, -0.1) is 21.6 Å². The Hall–Kier alpha value is -0.590. The molecule has 0 amide bonds. The van der Waals surface area contributed by atoms with Gasteiger partial charge in [-0.05, 0) is 15.9 Å². The number of hydrogen-bond donors (Lipinski definition) is 0. The van der Waals surface area contributed by atoms with Crippen LogP contribution in [0, 0.1) is 0 Å². The van der Waals surface area contributed by atoms with Crippen LogP contribution in [0.25, 0.3) is 0 Å². The van der Waals surface area contributed by atoms with E-state index in [1.807, 2.05) is 0 Å². The molecule has 1 aromatic heterocycles. The number of aromatic nitrogens is 1. The lowest BCUT2D eigenvalue weighted by molar-refractivity contribution is -0.165. The number of alkyl halides is 3. The average molecular weight is 393 g/mol. The van der Waals surface area contributed by atoms with Gasteiger partial charge >= 0.3 is 6.18 Å². The van der Waals surface area contributed by atoms with Crippen molar-refractivity contribution in [2.75, 3.05) is 13.6 Å². The number of thiazole rings is 1. The number of halogens is 4. The second-order valence-electron chi connectivity index (χ2n) is 4.03. The third-order valence-corrected chi connectivity index (χ3v) is 6.46. The standard InChI is InChI=1S/C8H8BrF3N4O2S2/c1-16(3-2-7(14-15-7)8(10,11)12)20(17,18)6-13-5(9)4-19-6/h4H,2-3H2,1H3. The summed E-state index contributed by atoms with van der Waals surface area (Å²) in [6.45, 7) is -0.355. The molecule has 0 saturated heterocycles. The molecule has 2 rings (SSSR count). The highest BCUT2D eigenvalue weighted by Crippen LogP contribution is 2.46. The minimum Gasteiger partial charge on any atom is -0.217 e. The first-order valence-corrected chi connectivity index (χ1v) is 8.28. The van der Waals surface area contributed by atoms with Crippen LogP contribution in [0.4, 0.5) is 13.2 Å². The SMILES string of the molecule is CN(CCC1(C(F)(F)F)N=N1)S(=O)(=O)c1nc(Br)cs1. The molecular formula is C8H8BrF3N4O2S2. The Kier molecular flexibility index (Phi) is 3.95. The Morgan fingerprint density at radius 3 is 2.45 bits per heavy atom. The molecule has 0 spiro atoms. The summed E-state index contributed by atoms with van der Waals surface area (Å²) in [6, 6.07) is 0. The second-order valence-corrected chi connectivity index (χ2v) is 7.92. The van der Waals surface area contributed by atoms with E-state index >= 15 is 0 Å². The van der Waals surface area contributed by atoms with Crippen molar-refractivity contribution < 1.29 is 21.6 Å². The summed E-state index contributed by atoms with van der Waals surface area (Å²) in [5, 5.41) is 7.46. The third kappa shape index (κ3) is 2.87. The van der Waals surface area contributed by atoms with Crippen LogP contribution in [-0.2, 0) is 10.0 Å². The Morgan fingerprint density at radius 2 is 2.05 bits per heavy atom. The second kappa shape index (κ2) is 5.00. The first-order chi connectivity index (χ1) is 9.08. The smallest absolute Gasteiger partial charge is 0.217 e. The maximum absolute atomic E-state index is 12.6. The summed E-state index contributed by atoms with van der Waals surface area (Å²) >= 11 is 3.90. The molecule has 6 nitrogen and oxygen atoms in total. The van der Waals surface area contributed by atoms with Crippen LogP contribution in [-0.4, -0.2) is 43.1 Å². The number of rotatable bonds is 5. The molecule has 12 heteroatoms. The van der Waals surface area contributed by atoms with Gasteiger partial charge < -0.3 is 0 Å². The van der Waals surface area contributed by atoms with Crippen LogP contribution < -0.4 is 0 Å². The maximum Gasteiger partial charge on any atom is 0.437 e. The highest BCUT2D eigenvalue weighted by Gasteiger charge is 2.63. The summed E-state index contributed by atoms with van der Waals surface area (Å²) in [6.07, 6.45) is -5.14. The maximum atomic E-state index is 12.6. The molecule has 1 aliphatic rings. The van der Waals surface area contributed by atoms with Gasteiger partial charge in [-0.3, -0.25) is 0 Å². The molecule has 112 valence electrons. The monoisotopic (exact) mass is 392 g/mol. The quantitative estimate of drug-likeness (QED) is 0.772. The summed E-state index contributed by atoms with van der Waals surface area (Å²) in [4.78, 5) is 3.75. The van der Waals surface area contributed by atoms with Gasteiger partial charge in [0.2, 0.25) is 4.34 Å². The van der Waals surface area contributed by atoms with Gasteiger partial charge in [0.15, 0.2) is 0 Å². The van der Waals surface area contributed by atoms with Crippen LogP contribution in [0.3, 0.4) is 0 Å². The summed E-state index contributed by atoms with van der Waals surface area (Å²) in [5.74, 6) is 0. The molecule has 1 aliphatic heterocycles. The summed E-state index contributed by atoms with van der Waals surface area (Å²) in [7, 11) is -2.71. The highest BCUT2D eigenvalue weighted by molar-refractivity contribution is 9.10. The number of nitrogens with zero attached hydrogens (tertiary/aromatic N) is 4. The van der Waals surface area contributed by atoms with Crippen molar-refractivity contribution in [1.29, 1.82) is 0 Å². The zero-order chi connectivity index (χ0) is 15.2. The third-order valence-electron chi connectivity index (χ3n) is 2.66. The van der Waals surface area contributed by atoms with E-state index in [-0.39, 0.29) is 10.9 Å². The molecule has 0 radical (unpaired) electrons. The lowest BCUT2D eigenvalue weighted by Gasteiger charge is -2.19. The minimum atomic E-state index is -4.60. The van der Waals surface area contributed by atoms with Crippen LogP contribution in [0.1, 0.15) is 6.42 Å². The van der Waals surface area contributed by atoms with Gasteiger partial charge in [0.1, 0.15) is 4.60 Å². The van der Waals surface area contributed by atoms with E-state index in [9.17, 15) is 21.6 Å². The zero-order valence-electron chi connectivity index (χ0n) is 9.93. The van der Waals surface area contributed by atoms with Crippen LogP contribution in [0.15, 0.2) is 24.6 Å². The molecule has 0 N–H and O–H groups in total. The zero-order valence-corrected chi connectivity index (χ0v) is 13.1. The molecule has 20 heavy (non-hydrogen) atoms. The molecule has 0 aliphatic carbocycles.